The summed E-state index contributed by atoms with van der Waals surface area (Å²) >= 11 is 5.85. The van der Waals surface area contributed by atoms with Crippen molar-refractivity contribution in [2.75, 3.05) is 19.6 Å². The molecule has 1 aromatic rings. The summed E-state index contributed by atoms with van der Waals surface area (Å²) in [6, 6.07) is 7.64. The van der Waals surface area contributed by atoms with Crippen LogP contribution in [0.3, 0.4) is 0 Å². The Morgan fingerprint density at radius 1 is 1.24 bits per heavy atom. The molecule has 0 aromatic heterocycles. The molecule has 0 atom stereocenters. The van der Waals surface area contributed by atoms with Gasteiger partial charge < -0.3 is 10.2 Å². The number of nitrogens with one attached hydrogen (secondary N) is 1. The molecule has 1 saturated carbocycles. The predicted molar refractivity (Wildman–Crippen MR) is 83.1 cm³/mol. The summed E-state index contributed by atoms with van der Waals surface area (Å²) in [5.74, 6) is 0.366. The average Bonchev–Trinajstić information content (AvgIpc) is 3.28. The minimum absolute atomic E-state index is 0.0321. The number of halogens is 1. The molecule has 5 heteroatoms. The molecule has 1 aliphatic carbocycles. The van der Waals surface area contributed by atoms with E-state index in [1.807, 2.05) is 24.3 Å². The highest BCUT2D eigenvalue weighted by Gasteiger charge is 2.29. The Labute approximate surface area is 130 Å². The number of hydrogen-bond donors (Lipinski definition) is 1. The summed E-state index contributed by atoms with van der Waals surface area (Å²) in [5.41, 5.74) is 1.15. The van der Waals surface area contributed by atoms with Crippen LogP contribution in [0.25, 0.3) is 0 Å². The summed E-state index contributed by atoms with van der Waals surface area (Å²) in [6.45, 7) is 3.29. The van der Waals surface area contributed by atoms with Gasteiger partial charge in [0.15, 0.2) is 0 Å². The number of nitrogens with zero attached hydrogens (tertiary/aromatic N) is 1. The van der Waals surface area contributed by atoms with Gasteiger partial charge in [0.25, 0.3) is 0 Å². The van der Waals surface area contributed by atoms with Gasteiger partial charge in [-0.05, 0) is 37.0 Å². The van der Waals surface area contributed by atoms with Crippen molar-refractivity contribution in [3.8, 4) is 0 Å². The van der Waals surface area contributed by atoms with Crippen molar-refractivity contribution in [1.29, 1.82) is 0 Å². The molecule has 0 aliphatic heterocycles. The molecule has 114 valence electrons. The van der Waals surface area contributed by atoms with Crippen molar-refractivity contribution in [2.45, 2.75) is 26.2 Å². The molecule has 1 aromatic carbocycles. The number of hydrogen-bond acceptors (Lipinski definition) is 2. The predicted octanol–water partition coefficient (Wildman–Crippen LogP) is 2.26. The summed E-state index contributed by atoms with van der Waals surface area (Å²) in [7, 11) is 0. The minimum atomic E-state index is 0.0321. The maximum Gasteiger partial charge on any atom is 0.223 e. The van der Waals surface area contributed by atoms with Crippen LogP contribution in [-0.4, -0.2) is 36.3 Å². The lowest BCUT2D eigenvalue weighted by Crippen LogP contribution is -2.39. The van der Waals surface area contributed by atoms with Gasteiger partial charge in [0, 0.05) is 37.5 Å². The van der Waals surface area contributed by atoms with Crippen LogP contribution in [0.4, 0.5) is 0 Å². The quantitative estimate of drug-likeness (QED) is 0.840. The zero-order chi connectivity index (χ0) is 15.2. The van der Waals surface area contributed by atoms with Crippen LogP contribution in [-0.2, 0) is 16.0 Å². The lowest BCUT2D eigenvalue weighted by Gasteiger charge is -2.21. The maximum absolute atomic E-state index is 11.6. The normalized spacial score (nSPS) is 13.8. The first kappa shape index (κ1) is 15.8. The lowest BCUT2D eigenvalue weighted by atomic mass is 10.1. The van der Waals surface area contributed by atoms with E-state index in [0.29, 0.717) is 24.7 Å². The fraction of sp³-hybridized carbons (Fsp3) is 0.500. The molecule has 1 N–H and O–H groups in total. The van der Waals surface area contributed by atoms with Crippen LogP contribution in [0.2, 0.25) is 5.02 Å². The van der Waals surface area contributed by atoms with Gasteiger partial charge >= 0.3 is 0 Å². The van der Waals surface area contributed by atoms with Crippen molar-refractivity contribution in [1.82, 2.24) is 10.2 Å². The van der Waals surface area contributed by atoms with E-state index in [1.54, 1.807) is 11.8 Å². The number of amides is 2. The Morgan fingerprint density at radius 2 is 1.90 bits per heavy atom. The summed E-state index contributed by atoms with van der Waals surface area (Å²) < 4.78 is 0. The van der Waals surface area contributed by atoms with Gasteiger partial charge in [-0.25, -0.2) is 0 Å². The van der Waals surface area contributed by atoms with Crippen molar-refractivity contribution < 1.29 is 9.59 Å². The molecule has 0 saturated heterocycles. The molecule has 1 fully saturated rings. The SMILES string of the molecule is CC(=O)N(CCNC(=O)C1CC1)CCc1ccc(Cl)cc1. The Morgan fingerprint density at radius 3 is 2.48 bits per heavy atom. The average molecular weight is 309 g/mol. The first-order valence-electron chi connectivity index (χ1n) is 7.34. The molecular weight excluding hydrogens is 288 g/mol. The van der Waals surface area contributed by atoms with Crippen LogP contribution in [0, 0.1) is 5.92 Å². The largest absolute Gasteiger partial charge is 0.354 e. The third kappa shape index (κ3) is 5.38. The van der Waals surface area contributed by atoms with Gasteiger partial charge in [0.1, 0.15) is 0 Å². The first-order valence-corrected chi connectivity index (χ1v) is 7.71. The number of carbonyl (C=O) groups is 2. The van der Waals surface area contributed by atoms with Crippen LogP contribution >= 0.6 is 11.6 Å². The Hall–Kier alpha value is -1.55. The second-order valence-corrected chi connectivity index (χ2v) is 5.88. The first-order chi connectivity index (χ1) is 10.1. The van der Waals surface area contributed by atoms with Crippen LogP contribution in [0.15, 0.2) is 24.3 Å². The van der Waals surface area contributed by atoms with E-state index in [1.165, 1.54) is 0 Å². The number of carbonyl (C=O) groups excluding carboxylic acids is 2. The maximum atomic E-state index is 11.6. The number of rotatable bonds is 7. The lowest BCUT2D eigenvalue weighted by molar-refractivity contribution is -0.129. The fourth-order valence-corrected chi connectivity index (χ4v) is 2.27. The van der Waals surface area contributed by atoms with E-state index in [4.69, 9.17) is 11.6 Å². The second-order valence-electron chi connectivity index (χ2n) is 5.45. The van der Waals surface area contributed by atoms with E-state index in [9.17, 15) is 9.59 Å². The summed E-state index contributed by atoms with van der Waals surface area (Å²) in [4.78, 5) is 24.9. The zero-order valence-electron chi connectivity index (χ0n) is 12.3. The third-order valence-electron chi connectivity index (χ3n) is 3.66. The molecule has 4 nitrogen and oxygen atoms in total. The molecule has 0 bridgehead atoms. The molecule has 2 amide bonds. The topological polar surface area (TPSA) is 49.4 Å². The van der Waals surface area contributed by atoms with Crippen molar-refractivity contribution in [3.63, 3.8) is 0 Å². The molecule has 0 heterocycles. The molecular formula is C16H21ClN2O2. The smallest absolute Gasteiger partial charge is 0.223 e. The fourth-order valence-electron chi connectivity index (χ4n) is 2.15. The molecule has 21 heavy (non-hydrogen) atoms. The van der Waals surface area contributed by atoms with Crippen molar-refractivity contribution in [3.05, 3.63) is 34.9 Å². The van der Waals surface area contributed by atoms with E-state index in [2.05, 4.69) is 5.32 Å². The van der Waals surface area contributed by atoms with Gasteiger partial charge in [-0.15, -0.1) is 0 Å². The van der Waals surface area contributed by atoms with Crippen molar-refractivity contribution in [2.24, 2.45) is 5.92 Å². The highest BCUT2D eigenvalue weighted by atomic mass is 35.5. The van der Waals surface area contributed by atoms with Gasteiger partial charge in [0.2, 0.25) is 11.8 Å². The standard InChI is InChI=1S/C16H21ClN2O2/c1-12(20)19(11-9-18-16(21)14-4-5-14)10-8-13-2-6-15(17)7-3-13/h2-3,6-7,14H,4-5,8-11H2,1H3,(H,18,21). The van der Waals surface area contributed by atoms with E-state index in [0.717, 1.165) is 24.8 Å². The van der Waals surface area contributed by atoms with Gasteiger partial charge in [-0.1, -0.05) is 23.7 Å². The van der Waals surface area contributed by atoms with Crippen LogP contribution < -0.4 is 5.32 Å². The van der Waals surface area contributed by atoms with Gasteiger partial charge in [0.05, 0.1) is 0 Å². The Bertz CT molecular complexity index is 498. The monoisotopic (exact) mass is 308 g/mol. The van der Waals surface area contributed by atoms with E-state index < -0.39 is 0 Å². The van der Waals surface area contributed by atoms with E-state index >= 15 is 0 Å². The van der Waals surface area contributed by atoms with Crippen molar-refractivity contribution >= 4 is 23.4 Å². The highest BCUT2D eigenvalue weighted by Crippen LogP contribution is 2.28. The van der Waals surface area contributed by atoms with Gasteiger partial charge in [-0.2, -0.15) is 0 Å². The second kappa shape index (κ2) is 7.46. The molecule has 0 unspecified atom stereocenters. The summed E-state index contributed by atoms with van der Waals surface area (Å²) in [5, 5.41) is 3.60. The minimum Gasteiger partial charge on any atom is -0.354 e. The van der Waals surface area contributed by atoms with Crippen LogP contribution in [0.1, 0.15) is 25.3 Å². The summed E-state index contributed by atoms with van der Waals surface area (Å²) in [6.07, 6.45) is 2.78. The van der Waals surface area contributed by atoms with E-state index in [-0.39, 0.29) is 17.7 Å². The molecule has 0 spiro atoms. The Balaban J connectivity index is 1.74. The van der Waals surface area contributed by atoms with Gasteiger partial charge in [-0.3, -0.25) is 9.59 Å². The van der Waals surface area contributed by atoms with Crippen LogP contribution in [0.5, 0.6) is 0 Å². The molecule has 2 rings (SSSR count). The zero-order valence-corrected chi connectivity index (χ0v) is 13.0. The third-order valence-corrected chi connectivity index (χ3v) is 3.91. The highest BCUT2D eigenvalue weighted by molar-refractivity contribution is 6.30. The Kier molecular flexibility index (Phi) is 5.62. The molecule has 0 radical (unpaired) electrons. The molecule has 1 aliphatic rings. The number of benzene rings is 1.